The summed E-state index contributed by atoms with van der Waals surface area (Å²) in [6, 6.07) is 0.660. The zero-order valence-electron chi connectivity index (χ0n) is 9.73. The number of rotatable bonds is 5. The molecule has 1 aromatic heterocycles. The van der Waals surface area contributed by atoms with Gasteiger partial charge in [0, 0.05) is 6.04 Å². The number of hydrogen-bond acceptors (Lipinski definition) is 3. The summed E-state index contributed by atoms with van der Waals surface area (Å²) < 4.78 is 2.28. The first-order chi connectivity index (χ1) is 7.93. The van der Waals surface area contributed by atoms with Gasteiger partial charge in [0.05, 0.1) is 6.54 Å². The van der Waals surface area contributed by atoms with Crippen LogP contribution in [-0.2, 0) is 6.54 Å². The maximum atomic E-state index is 4.23. The maximum Gasteiger partial charge on any atom is 0.147 e. The van der Waals surface area contributed by atoms with Crippen LogP contribution < -0.4 is 5.32 Å². The predicted molar refractivity (Wildman–Crippen MR) is 62.0 cm³/mol. The SMILES string of the molecule is c1nnc(CNCC2CC2)n1C1CCCC1. The Hall–Kier alpha value is -0.900. The summed E-state index contributed by atoms with van der Waals surface area (Å²) in [7, 11) is 0. The van der Waals surface area contributed by atoms with Gasteiger partial charge in [-0.25, -0.2) is 0 Å². The molecule has 0 spiro atoms. The second-order valence-electron chi connectivity index (χ2n) is 5.17. The van der Waals surface area contributed by atoms with Crippen LogP contribution in [0.3, 0.4) is 0 Å². The molecule has 88 valence electrons. The van der Waals surface area contributed by atoms with E-state index < -0.39 is 0 Å². The quantitative estimate of drug-likeness (QED) is 0.824. The third kappa shape index (κ3) is 2.26. The average Bonchev–Trinajstić information content (AvgIpc) is 2.82. The van der Waals surface area contributed by atoms with Crippen molar-refractivity contribution >= 4 is 0 Å². The molecule has 0 aliphatic heterocycles. The summed E-state index contributed by atoms with van der Waals surface area (Å²) in [6.07, 6.45) is 10.0. The molecule has 0 radical (unpaired) electrons. The monoisotopic (exact) mass is 220 g/mol. The van der Waals surface area contributed by atoms with Gasteiger partial charge in [-0.2, -0.15) is 0 Å². The van der Waals surface area contributed by atoms with Gasteiger partial charge < -0.3 is 9.88 Å². The van der Waals surface area contributed by atoms with Crippen molar-refractivity contribution in [1.29, 1.82) is 0 Å². The average molecular weight is 220 g/mol. The third-order valence-electron chi connectivity index (χ3n) is 3.78. The van der Waals surface area contributed by atoms with E-state index in [0.29, 0.717) is 6.04 Å². The summed E-state index contributed by atoms with van der Waals surface area (Å²) in [4.78, 5) is 0. The summed E-state index contributed by atoms with van der Waals surface area (Å²) in [5, 5.41) is 11.8. The Labute approximate surface area is 96.4 Å². The highest BCUT2D eigenvalue weighted by molar-refractivity contribution is 4.91. The van der Waals surface area contributed by atoms with Crippen LogP contribution >= 0.6 is 0 Å². The normalized spacial score (nSPS) is 21.8. The van der Waals surface area contributed by atoms with Crippen LogP contribution in [0.2, 0.25) is 0 Å². The highest BCUT2D eigenvalue weighted by Gasteiger charge is 2.22. The first-order valence-corrected chi connectivity index (χ1v) is 6.52. The molecule has 0 saturated heterocycles. The first-order valence-electron chi connectivity index (χ1n) is 6.52. The van der Waals surface area contributed by atoms with E-state index in [4.69, 9.17) is 0 Å². The number of hydrogen-bond donors (Lipinski definition) is 1. The molecule has 1 heterocycles. The van der Waals surface area contributed by atoms with Gasteiger partial charge in [0.15, 0.2) is 0 Å². The minimum Gasteiger partial charge on any atom is -0.313 e. The predicted octanol–water partition coefficient (Wildman–Crippen LogP) is 1.89. The molecular formula is C12H20N4. The van der Waals surface area contributed by atoms with Crippen LogP contribution in [0.15, 0.2) is 6.33 Å². The van der Waals surface area contributed by atoms with Crippen molar-refractivity contribution in [3.05, 3.63) is 12.2 Å². The lowest BCUT2D eigenvalue weighted by Gasteiger charge is -2.13. The Bertz CT molecular complexity index is 337. The Kier molecular flexibility index (Phi) is 2.91. The highest BCUT2D eigenvalue weighted by atomic mass is 15.3. The summed E-state index contributed by atoms with van der Waals surface area (Å²) in [6.45, 7) is 2.03. The van der Waals surface area contributed by atoms with E-state index in [2.05, 4.69) is 20.1 Å². The standard InChI is InChI=1S/C12H20N4/c1-2-4-11(3-1)16-9-14-15-12(16)8-13-7-10-5-6-10/h9-11,13H,1-8H2. The zero-order valence-corrected chi connectivity index (χ0v) is 9.73. The van der Waals surface area contributed by atoms with Gasteiger partial charge in [-0.3, -0.25) is 0 Å². The number of aromatic nitrogens is 3. The summed E-state index contributed by atoms with van der Waals surface area (Å²) in [5.41, 5.74) is 0. The van der Waals surface area contributed by atoms with E-state index in [1.165, 1.54) is 38.5 Å². The number of nitrogens with zero attached hydrogens (tertiary/aromatic N) is 3. The van der Waals surface area contributed by atoms with Crippen LogP contribution in [0.1, 0.15) is 50.4 Å². The molecule has 0 atom stereocenters. The molecule has 16 heavy (non-hydrogen) atoms. The van der Waals surface area contributed by atoms with Crippen LogP contribution in [0, 0.1) is 5.92 Å². The second kappa shape index (κ2) is 4.53. The van der Waals surface area contributed by atoms with Gasteiger partial charge in [-0.15, -0.1) is 10.2 Å². The van der Waals surface area contributed by atoms with Crippen molar-refractivity contribution in [2.24, 2.45) is 5.92 Å². The largest absolute Gasteiger partial charge is 0.313 e. The van der Waals surface area contributed by atoms with E-state index in [1.807, 2.05) is 6.33 Å². The van der Waals surface area contributed by atoms with E-state index in [-0.39, 0.29) is 0 Å². The summed E-state index contributed by atoms with van der Waals surface area (Å²) >= 11 is 0. The van der Waals surface area contributed by atoms with E-state index in [1.54, 1.807) is 0 Å². The lowest BCUT2D eigenvalue weighted by atomic mass is 10.2. The molecule has 2 aliphatic rings. The first kappa shape index (κ1) is 10.3. The highest BCUT2D eigenvalue weighted by Crippen LogP contribution is 2.30. The second-order valence-corrected chi connectivity index (χ2v) is 5.17. The fraction of sp³-hybridized carbons (Fsp3) is 0.833. The fourth-order valence-electron chi connectivity index (χ4n) is 2.59. The van der Waals surface area contributed by atoms with Crippen molar-refractivity contribution in [2.75, 3.05) is 6.54 Å². The number of nitrogens with one attached hydrogen (secondary N) is 1. The molecule has 2 aliphatic carbocycles. The minimum absolute atomic E-state index is 0.660. The molecule has 2 fully saturated rings. The Balaban J connectivity index is 1.57. The van der Waals surface area contributed by atoms with Gasteiger partial charge >= 0.3 is 0 Å². The Morgan fingerprint density at radius 3 is 2.81 bits per heavy atom. The molecule has 1 N–H and O–H groups in total. The van der Waals surface area contributed by atoms with E-state index in [0.717, 1.165) is 24.8 Å². The van der Waals surface area contributed by atoms with Crippen molar-refractivity contribution in [3.63, 3.8) is 0 Å². The lowest BCUT2D eigenvalue weighted by Crippen LogP contribution is -2.20. The van der Waals surface area contributed by atoms with Crippen LogP contribution in [0.25, 0.3) is 0 Å². The van der Waals surface area contributed by atoms with Crippen molar-refractivity contribution in [3.8, 4) is 0 Å². The van der Waals surface area contributed by atoms with E-state index in [9.17, 15) is 0 Å². The molecule has 4 heteroatoms. The molecule has 1 aromatic rings. The third-order valence-corrected chi connectivity index (χ3v) is 3.78. The molecule has 3 rings (SSSR count). The summed E-state index contributed by atoms with van der Waals surface area (Å²) in [5.74, 6) is 2.05. The topological polar surface area (TPSA) is 42.7 Å². The van der Waals surface area contributed by atoms with Crippen LogP contribution in [0.4, 0.5) is 0 Å². The van der Waals surface area contributed by atoms with Crippen LogP contribution in [-0.4, -0.2) is 21.3 Å². The molecule has 0 amide bonds. The smallest absolute Gasteiger partial charge is 0.147 e. The lowest BCUT2D eigenvalue weighted by molar-refractivity contribution is 0.482. The minimum atomic E-state index is 0.660. The van der Waals surface area contributed by atoms with Crippen molar-refractivity contribution in [1.82, 2.24) is 20.1 Å². The van der Waals surface area contributed by atoms with Gasteiger partial charge in [-0.1, -0.05) is 12.8 Å². The molecule has 0 aromatic carbocycles. The zero-order chi connectivity index (χ0) is 10.8. The van der Waals surface area contributed by atoms with Gasteiger partial charge in [0.1, 0.15) is 12.2 Å². The van der Waals surface area contributed by atoms with Crippen molar-refractivity contribution < 1.29 is 0 Å². The molecular weight excluding hydrogens is 200 g/mol. The maximum absolute atomic E-state index is 4.23. The van der Waals surface area contributed by atoms with Gasteiger partial charge in [0.25, 0.3) is 0 Å². The Morgan fingerprint density at radius 2 is 2.06 bits per heavy atom. The molecule has 0 bridgehead atoms. The Morgan fingerprint density at radius 1 is 1.25 bits per heavy atom. The molecule has 0 unspecified atom stereocenters. The van der Waals surface area contributed by atoms with Crippen molar-refractivity contribution in [2.45, 2.75) is 51.1 Å². The molecule has 2 saturated carbocycles. The van der Waals surface area contributed by atoms with Crippen LogP contribution in [0.5, 0.6) is 0 Å². The van der Waals surface area contributed by atoms with E-state index >= 15 is 0 Å². The van der Waals surface area contributed by atoms with Gasteiger partial charge in [0.2, 0.25) is 0 Å². The fourth-order valence-corrected chi connectivity index (χ4v) is 2.59. The van der Waals surface area contributed by atoms with Gasteiger partial charge in [-0.05, 0) is 38.1 Å². The molecule has 4 nitrogen and oxygen atoms in total.